The standard InChI is InChI=1S/C15H21F3N4O2/c16-15(17,18)12-6-10-22(20-12)11-13(23)19-7-4-9-21-8-3-1-2-5-14(21)24/h6,10H,1-5,7-9,11H2,(H,19,23). The van der Waals surface area contributed by atoms with Crippen molar-refractivity contribution < 1.29 is 22.8 Å². The van der Waals surface area contributed by atoms with Crippen LogP contribution in [0.1, 0.15) is 37.8 Å². The maximum absolute atomic E-state index is 12.4. The van der Waals surface area contributed by atoms with E-state index in [4.69, 9.17) is 0 Å². The lowest BCUT2D eigenvalue weighted by atomic mass is 10.2. The quantitative estimate of drug-likeness (QED) is 0.799. The highest BCUT2D eigenvalue weighted by Gasteiger charge is 2.33. The molecule has 0 aliphatic carbocycles. The molecular formula is C15H21F3N4O2. The molecule has 1 N–H and O–H groups in total. The number of aromatic nitrogens is 2. The van der Waals surface area contributed by atoms with Crippen LogP contribution < -0.4 is 5.32 Å². The van der Waals surface area contributed by atoms with Crippen LogP contribution >= 0.6 is 0 Å². The van der Waals surface area contributed by atoms with E-state index >= 15 is 0 Å². The minimum absolute atomic E-state index is 0.148. The highest BCUT2D eigenvalue weighted by atomic mass is 19.4. The molecule has 24 heavy (non-hydrogen) atoms. The molecule has 0 unspecified atom stereocenters. The third kappa shape index (κ3) is 5.54. The van der Waals surface area contributed by atoms with Gasteiger partial charge in [-0.1, -0.05) is 6.42 Å². The number of rotatable bonds is 6. The van der Waals surface area contributed by atoms with Crippen LogP contribution in [0.25, 0.3) is 0 Å². The van der Waals surface area contributed by atoms with E-state index in [9.17, 15) is 22.8 Å². The minimum atomic E-state index is -4.51. The maximum Gasteiger partial charge on any atom is 0.435 e. The zero-order valence-electron chi connectivity index (χ0n) is 13.3. The van der Waals surface area contributed by atoms with Crippen molar-refractivity contribution in [3.8, 4) is 0 Å². The van der Waals surface area contributed by atoms with Crippen molar-refractivity contribution in [3.63, 3.8) is 0 Å². The zero-order valence-corrected chi connectivity index (χ0v) is 13.3. The molecule has 1 saturated heterocycles. The fourth-order valence-corrected chi connectivity index (χ4v) is 2.58. The van der Waals surface area contributed by atoms with Gasteiger partial charge < -0.3 is 10.2 Å². The minimum Gasteiger partial charge on any atom is -0.354 e. The van der Waals surface area contributed by atoms with Gasteiger partial charge in [0, 0.05) is 32.3 Å². The van der Waals surface area contributed by atoms with Gasteiger partial charge in [0.25, 0.3) is 0 Å². The number of nitrogens with one attached hydrogen (secondary N) is 1. The first-order chi connectivity index (χ1) is 11.4. The van der Waals surface area contributed by atoms with Gasteiger partial charge in [0.15, 0.2) is 5.69 Å². The molecule has 0 saturated carbocycles. The fraction of sp³-hybridized carbons (Fsp3) is 0.667. The molecule has 6 nitrogen and oxygen atoms in total. The lowest BCUT2D eigenvalue weighted by molar-refractivity contribution is -0.141. The molecule has 9 heteroatoms. The third-order valence-electron chi connectivity index (χ3n) is 3.84. The van der Waals surface area contributed by atoms with Crippen LogP contribution in [0, 0.1) is 0 Å². The van der Waals surface area contributed by atoms with Crippen molar-refractivity contribution in [2.75, 3.05) is 19.6 Å². The third-order valence-corrected chi connectivity index (χ3v) is 3.84. The van der Waals surface area contributed by atoms with Crippen LogP contribution in [0.2, 0.25) is 0 Å². The van der Waals surface area contributed by atoms with E-state index in [0.29, 0.717) is 25.9 Å². The summed E-state index contributed by atoms with van der Waals surface area (Å²) in [4.78, 5) is 25.3. The van der Waals surface area contributed by atoms with Gasteiger partial charge in [-0.3, -0.25) is 14.3 Å². The van der Waals surface area contributed by atoms with Crippen LogP contribution in [0.15, 0.2) is 12.3 Å². The molecule has 1 aromatic rings. The summed E-state index contributed by atoms with van der Waals surface area (Å²) in [6.07, 6.45) is 0.787. The smallest absolute Gasteiger partial charge is 0.354 e. The van der Waals surface area contributed by atoms with Gasteiger partial charge in [-0.05, 0) is 25.3 Å². The van der Waals surface area contributed by atoms with Gasteiger partial charge >= 0.3 is 6.18 Å². The van der Waals surface area contributed by atoms with E-state index in [0.717, 1.165) is 42.8 Å². The zero-order chi connectivity index (χ0) is 17.6. The lowest BCUT2D eigenvalue weighted by Gasteiger charge is -2.20. The van der Waals surface area contributed by atoms with E-state index in [1.165, 1.54) is 0 Å². The van der Waals surface area contributed by atoms with E-state index in [1.807, 2.05) is 4.90 Å². The number of hydrogen-bond acceptors (Lipinski definition) is 3. The molecule has 1 aromatic heterocycles. The number of carbonyl (C=O) groups is 2. The molecule has 1 aliphatic heterocycles. The summed E-state index contributed by atoms with van der Waals surface area (Å²) < 4.78 is 38.2. The summed E-state index contributed by atoms with van der Waals surface area (Å²) in [7, 11) is 0. The monoisotopic (exact) mass is 346 g/mol. The van der Waals surface area contributed by atoms with E-state index in [1.54, 1.807) is 0 Å². The van der Waals surface area contributed by atoms with Gasteiger partial charge in [-0.15, -0.1) is 0 Å². The van der Waals surface area contributed by atoms with Crippen molar-refractivity contribution in [1.82, 2.24) is 20.0 Å². The molecule has 2 rings (SSSR count). The van der Waals surface area contributed by atoms with Gasteiger partial charge in [-0.25, -0.2) is 0 Å². The molecular weight excluding hydrogens is 325 g/mol. The average molecular weight is 346 g/mol. The van der Waals surface area contributed by atoms with E-state index in [2.05, 4.69) is 10.4 Å². The SMILES string of the molecule is O=C(Cn1ccc(C(F)(F)F)n1)NCCCN1CCCCCC1=O. The Kier molecular flexibility index (Phi) is 6.22. The highest BCUT2D eigenvalue weighted by Crippen LogP contribution is 2.27. The first-order valence-electron chi connectivity index (χ1n) is 8.01. The predicted molar refractivity (Wildman–Crippen MR) is 79.9 cm³/mol. The number of nitrogens with zero attached hydrogens (tertiary/aromatic N) is 3. The van der Waals surface area contributed by atoms with Crippen molar-refractivity contribution in [2.45, 2.75) is 44.8 Å². The topological polar surface area (TPSA) is 67.2 Å². The van der Waals surface area contributed by atoms with Crippen molar-refractivity contribution in [1.29, 1.82) is 0 Å². The van der Waals surface area contributed by atoms with Crippen LogP contribution in [0.3, 0.4) is 0 Å². The summed E-state index contributed by atoms with van der Waals surface area (Å²) in [6, 6.07) is 0.832. The van der Waals surface area contributed by atoms with Crippen molar-refractivity contribution in [3.05, 3.63) is 18.0 Å². The second-order valence-electron chi connectivity index (χ2n) is 5.79. The first-order valence-corrected chi connectivity index (χ1v) is 8.01. The Morgan fingerprint density at radius 1 is 1.29 bits per heavy atom. The largest absolute Gasteiger partial charge is 0.435 e. The van der Waals surface area contributed by atoms with Crippen molar-refractivity contribution >= 4 is 11.8 Å². The normalized spacial score (nSPS) is 16.1. The fourth-order valence-electron chi connectivity index (χ4n) is 2.58. The highest BCUT2D eigenvalue weighted by molar-refractivity contribution is 5.76. The maximum atomic E-state index is 12.4. The summed E-state index contributed by atoms with van der Waals surface area (Å²) >= 11 is 0. The molecule has 0 radical (unpaired) electrons. The Hall–Kier alpha value is -2.06. The molecule has 1 aliphatic rings. The number of hydrogen-bond donors (Lipinski definition) is 1. The molecule has 0 bridgehead atoms. The average Bonchev–Trinajstić information content (AvgIpc) is 2.88. The second kappa shape index (κ2) is 8.16. The molecule has 2 amide bonds. The Morgan fingerprint density at radius 2 is 2.08 bits per heavy atom. The van der Waals surface area contributed by atoms with Crippen molar-refractivity contribution in [2.24, 2.45) is 0 Å². The molecule has 0 aromatic carbocycles. The van der Waals surface area contributed by atoms with Crippen LogP contribution in [0.4, 0.5) is 13.2 Å². The van der Waals surface area contributed by atoms with Crippen LogP contribution in [0.5, 0.6) is 0 Å². The van der Waals surface area contributed by atoms with E-state index in [-0.39, 0.29) is 12.5 Å². The number of likely N-dealkylation sites (tertiary alicyclic amines) is 1. The summed E-state index contributed by atoms with van der Waals surface area (Å²) in [5, 5.41) is 5.95. The van der Waals surface area contributed by atoms with Gasteiger partial charge in [-0.2, -0.15) is 18.3 Å². The first kappa shape index (κ1) is 18.3. The lowest BCUT2D eigenvalue weighted by Crippen LogP contribution is -2.34. The Labute approximate surface area is 138 Å². The Bertz CT molecular complexity index is 571. The van der Waals surface area contributed by atoms with Gasteiger partial charge in [0.2, 0.25) is 11.8 Å². The number of halogens is 3. The molecule has 1 fully saturated rings. The second-order valence-corrected chi connectivity index (χ2v) is 5.79. The molecule has 0 spiro atoms. The van der Waals surface area contributed by atoms with Crippen LogP contribution in [-0.4, -0.2) is 46.1 Å². The van der Waals surface area contributed by atoms with Gasteiger partial charge in [0.1, 0.15) is 6.54 Å². The predicted octanol–water partition coefficient (Wildman–Crippen LogP) is 1.81. The van der Waals surface area contributed by atoms with Gasteiger partial charge in [0.05, 0.1) is 0 Å². The van der Waals surface area contributed by atoms with Crippen LogP contribution in [-0.2, 0) is 22.3 Å². The Morgan fingerprint density at radius 3 is 2.79 bits per heavy atom. The number of carbonyl (C=O) groups excluding carboxylic acids is 2. The summed E-state index contributed by atoms with van der Waals surface area (Å²) in [6.45, 7) is 1.44. The summed E-state index contributed by atoms with van der Waals surface area (Å²) in [5.41, 5.74) is -1.02. The molecule has 2 heterocycles. The molecule has 0 atom stereocenters. The summed E-state index contributed by atoms with van der Waals surface area (Å²) in [5.74, 6) is -0.260. The Balaban J connectivity index is 1.68. The van der Waals surface area contributed by atoms with E-state index < -0.39 is 17.8 Å². The number of amides is 2. The molecule has 134 valence electrons. The number of alkyl halides is 3.